The molecular weight excluding hydrogens is 387 g/mol. The Labute approximate surface area is 173 Å². The van der Waals surface area contributed by atoms with Gasteiger partial charge in [0.05, 0.1) is 16.9 Å². The molecule has 6 heteroatoms. The maximum absolute atomic E-state index is 13.9. The number of rotatable bonds is 2. The largest absolute Gasteiger partial charge is 0.418 e. The van der Waals surface area contributed by atoms with Crippen LogP contribution in [0.3, 0.4) is 0 Å². The lowest BCUT2D eigenvalue weighted by Crippen LogP contribution is -2.48. The van der Waals surface area contributed by atoms with Crippen LogP contribution in [-0.4, -0.2) is 11.1 Å². The number of fused-ring (bicyclic) bond motifs is 5. The van der Waals surface area contributed by atoms with Gasteiger partial charge in [-0.1, -0.05) is 43.3 Å². The van der Waals surface area contributed by atoms with Crippen LogP contribution in [0.25, 0.3) is 0 Å². The molecule has 1 aromatic heterocycles. The highest BCUT2D eigenvalue weighted by Crippen LogP contribution is 2.56. The summed E-state index contributed by atoms with van der Waals surface area (Å²) in [6.45, 7) is 6.08. The smallest absolute Gasteiger partial charge is 0.316 e. The van der Waals surface area contributed by atoms with Crippen LogP contribution < -0.4 is 9.80 Å². The Morgan fingerprint density at radius 3 is 2.30 bits per heavy atom. The van der Waals surface area contributed by atoms with E-state index in [-0.39, 0.29) is 23.7 Å². The van der Waals surface area contributed by atoms with Gasteiger partial charge in [-0.15, -0.1) is 6.58 Å². The summed E-state index contributed by atoms with van der Waals surface area (Å²) in [6.07, 6.45) is -1.30. The third kappa shape index (κ3) is 2.56. The van der Waals surface area contributed by atoms with Crippen molar-refractivity contribution in [3.63, 3.8) is 0 Å². The third-order valence-corrected chi connectivity index (χ3v) is 6.10. The number of alkyl halides is 3. The lowest BCUT2D eigenvalue weighted by molar-refractivity contribution is -0.137. The molecule has 152 valence electrons. The predicted molar refractivity (Wildman–Crippen MR) is 112 cm³/mol. The van der Waals surface area contributed by atoms with Gasteiger partial charge in [0.25, 0.3) is 0 Å². The first-order chi connectivity index (χ1) is 14.4. The topological polar surface area (TPSA) is 19.4 Å². The molecule has 0 fully saturated rings. The monoisotopic (exact) mass is 407 g/mol. The summed E-state index contributed by atoms with van der Waals surface area (Å²) in [7, 11) is 0. The molecule has 2 aliphatic rings. The van der Waals surface area contributed by atoms with Crippen molar-refractivity contribution in [1.29, 1.82) is 0 Å². The van der Waals surface area contributed by atoms with Gasteiger partial charge in [-0.25, -0.2) is 4.98 Å². The van der Waals surface area contributed by atoms with E-state index in [0.29, 0.717) is 5.82 Å². The number of hydrogen-bond donors (Lipinski definition) is 0. The Kier molecular flexibility index (Phi) is 4.13. The summed E-state index contributed by atoms with van der Waals surface area (Å²) >= 11 is 0. The summed E-state index contributed by atoms with van der Waals surface area (Å²) in [5, 5.41) is 0. The first-order valence-corrected chi connectivity index (χ1v) is 9.84. The summed E-state index contributed by atoms with van der Waals surface area (Å²) < 4.78 is 41.7. The van der Waals surface area contributed by atoms with Crippen LogP contribution in [0.2, 0.25) is 0 Å². The van der Waals surface area contributed by atoms with E-state index < -0.39 is 11.7 Å². The second-order valence-electron chi connectivity index (χ2n) is 7.69. The van der Waals surface area contributed by atoms with Gasteiger partial charge in [0, 0.05) is 23.7 Å². The normalized spacial score (nSPS) is 22.3. The second kappa shape index (κ2) is 6.62. The van der Waals surface area contributed by atoms with Crippen molar-refractivity contribution in [2.75, 3.05) is 9.80 Å². The van der Waals surface area contributed by atoms with E-state index >= 15 is 0 Å². The van der Waals surface area contributed by atoms with Crippen LogP contribution in [0.5, 0.6) is 0 Å². The van der Waals surface area contributed by atoms with Gasteiger partial charge < -0.3 is 9.80 Å². The highest BCUT2D eigenvalue weighted by molar-refractivity contribution is 5.88. The second-order valence-corrected chi connectivity index (χ2v) is 7.69. The van der Waals surface area contributed by atoms with Gasteiger partial charge in [0.2, 0.25) is 0 Å². The zero-order chi connectivity index (χ0) is 21.0. The zero-order valence-electron chi connectivity index (χ0n) is 16.3. The van der Waals surface area contributed by atoms with Gasteiger partial charge in [0.15, 0.2) is 5.82 Å². The van der Waals surface area contributed by atoms with Gasteiger partial charge in [0.1, 0.15) is 6.17 Å². The molecule has 0 saturated carbocycles. The van der Waals surface area contributed by atoms with Crippen molar-refractivity contribution in [2.45, 2.75) is 25.2 Å². The predicted octanol–water partition coefficient (Wildman–Crippen LogP) is 6.64. The summed E-state index contributed by atoms with van der Waals surface area (Å²) in [5.41, 5.74) is 2.36. The van der Waals surface area contributed by atoms with Crippen molar-refractivity contribution < 1.29 is 13.2 Å². The number of halogens is 3. The van der Waals surface area contributed by atoms with Gasteiger partial charge in [-0.05, 0) is 35.9 Å². The lowest BCUT2D eigenvalue weighted by Gasteiger charge is -2.45. The molecule has 3 nitrogen and oxygen atoms in total. The Morgan fingerprint density at radius 1 is 0.900 bits per heavy atom. The van der Waals surface area contributed by atoms with Crippen molar-refractivity contribution in [3.05, 3.63) is 90.6 Å². The quantitative estimate of drug-likeness (QED) is 0.444. The van der Waals surface area contributed by atoms with Gasteiger partial charge in [-0.2, -0.15) is 13.2 Å². The van der Waals surface area contributed by atoms with E-state index in [9.17, 15) is 13.2 Å². The molecule has 2 aliphatic heterocycles. The molecule has 3 heterocycles. The minimum atomic E-state index is -4.47. The van der Waals surface area contributed by atoms with Crippen molar-refractivity contribution >= 4 is 22.9 Å². The van der Waals surface area contributed by atoms with Crippen LogP contribution in [0.15, 0.2) is 79.5 Å². The maximum atomic E-state index is 13.9. The van der Waals surface area contributed by atoms with E-state index in [0.717, 1.165) is 23.0 Å². The minimum Gasteiger partial charge on any atom is -0.316 e. The van der Waals surface area contributed by atoms with Crippen LogP contribution in [0, 0.1) is 5.92 Å². The Hall–Kier alpha value is -3.28. The minimum absolute atomic E-state index is 0.0114. The van der Waals surface area contributed by atoms with Crippen LogP contribution in [-0.2, 0) is 6.18 Å². The molecule has 0 radical (unpaired) electrons. The third-order valence-electron chi connectivity index (χ3n) is 6.10. The summed E-state index contributed by atoms with van der Waals surface area (Å²) in [4.78, 5) is 8.38. The average molecular weight is 407 g/mol. The van der Waals surface area contributed by atoms with E-state index in [2.05, 4.69) is 29.5 Å². The number of aromatic nitrogens is 1. The lowest BCUT2D eigenvalue weighted by atomic mass is 9.80. The molecule has 2 aromatic carbocycles. The fraction of sp³-hybridized carbons (Fsp3) is 0.208. The molecule has 0 bridgehead atoms. The fourth-order valence-electron chi connectivity index (χ4n) is 4.87. The first-order valence-electron chi connectivity index (χ1n) is 9.84. The fourth-order valence-corrected chi connectivity index (χ4v) is 4.87. The summed E-state index contributed by atoms with van der Waals surface area (Å²) in [6, 6.07) is 17.5. The Morgan fingerprint density at radius 2 is 1.57 bits per heavy atom. The van der Waals surface area contributed by atoms with E-state index in [1.165, 1.54) is 12.1 Å². The maximum Gasteiger partial charge on any atom is 0.418 e. The van der Waals surface area contributed by atoms with Gasteiger partial charge in [-0.3, -0.25) is 0 Å². The van der Waals surface area contributed by atoms with Crippen molar-refractivity contribution in [2.24, 2.45) is 5.92 Å². The van der Waals surface area contributed by atoms with Crippen LogP contribution >= 0.6 is 0 Å². The molecule has 0 spiro atoms. The number of para-hydroxylation sites is 2. The highest BCUT2D eigenvalue weighted by atomic mass is 19.4. The first kappa shape index (κ1) is 18.7. The molecule has 0 N–H and O–H groups in total. The highest BCUT2D eigenvalue weighted by Gasteiger charge is 2.49. The molecule has 3 atom stereocenters. The molecule has 0 aliphatic carbocycles. The summed E-state index contributed by atoms with van der Waals surface area (Å²) in [5.74, 6) is 0.524. The molecule has 30 heavy (non-hydrogen) atoms. The van der Waals surface area contributed by atoms with Gasteiger partial charge >= 0.3 is 6.18 Å². The Balaban J connectivity index is 1.79. The Bertz CT molecular complexity index is 1120. The molecule has 0 saturated heterocycles. The molecule has 3 unspecified atom stereocenters. The number of nitrogens with zero attached hydrogens (tertiary/aromatic N) is 3. The molecular formula is C24H20F3N3. The molecule has 0 amide bonds. The van der Waals surface area contributed by atoms with Crippen LogP contribution in [0.4, 0.5) is 36.1 Å². The van der Waals surface area contributed by atoms with Crippen molar-refractivity contribution in [3.8, 4) is 0 Å². The number of anilines is 4. The standard InChI is InChI=1S/C24H20F3N3/c1-3-16-15(2)23-29(19-11-6-4-9-17(16)19)21-13-8-14-28-22(21)30(23)20-12-7-5-10-18(20)24(25,26)27/h3-16,23H,1H2,2H3. The number of benzene rings is 2. The number of pyridine rings is 1. The zero-order valence-corrected chi connectivity index (χ0v) is 16.3. The van der Waals surface area contributed by atoms with E-state index in [4.69, 9.17) is 0 Å². The molecule has 5 rings (SSSR count). The number of allylic oxidation sites excluding steroid dienone is 1. The van der Waals surface area contributed by atoms with Crippen LogP contribution in [0.1, 0.15) is 24.0 Å². The SMILES string of the molecule is C=CC1c2ccccc2N2c3cccnc3N(c3ccccc3C(F)(F)F)C2C1C. The molecule has 3 aromatic rings. The van der Waals surface area contributed by atoms with E-state index in [1.54, 1.807) is 17.2 Å². The van der Waals surface area contributed by atoms with E-state index in [1.807, 2.05) is 36.4 Å². The average Bonchev–Trinajstić information content (AvgIpc) is 3.09. The van der Waals surface area contributed by atoms with Crippen molar-refractivity contribution in [1.82, 2.24) is 4.98 Å². The number of hydrogen-bond acceptors (Lipinski definition) is 3.